The molecule has 2 atom stereocenters. The fourth-order valence-corrected chi connectivity index (χ4v) is 7.91. The van der Waals surface area contributed by atoms with Gasteiger partial charge >= 0.3 is 18.2 Å². The number of sulfonamides is 1. The Morgan fingerprint density at radius 1 is 1.00 bits per heavy atom. The summed E-state index contributed by atoms with van der Waals surface area (Å²) in [5.41, 5.74) is -1.14. The van der Waals surface area contributed by atoms with Gasteiger partial charge in [-0.3, -0.25) is 0 Å². The van der Waals surface area contributed by atoms with Crippen LogP contribution in [0.4, 0.5) is 9.59 Å². The number of ether oxygens (including phenoxy) is 3. The van der Waals surface area contributed by atoms with Crippen LogP contribution in [0.3, 0.4) is 0 Å². The van der Waals surface area contributed by atoms with Gasteiger partial charge in [0.25, 0.3) is 0 Å². The minimum Gasteiger partial charge on any atom is -0.458 e. The zero-order chi connectivity index (χ0) is 31.6. The molecule has 41 heavy (non-hydrogen) atoms. The lowest BCUT2D eigenvalue weighted by Gasteiger charge is -2.33. The average molecular weight is 613 g/mol. The van der Waals surface area contributed by atoms with Gasteiger partial charge in [0.1, 0.15) is 23.9 Å². The first kappa shape index (κ1) is 36.2. The number of nitrogens with one attached hydrogen (secondary N) is 1. The van der Waals surface area contributed by atoms with Crippen LogP contribution in [0.2, 0.25) is 25.7 Å². The van der Waals surface area contributed by atoms with E-state index in [9.17, 15) is 22.8 Å². The summed E-state index contributed by atoms with van der Waals surface area (Å²) in [7, 11) is -5.94. The molecule has 0 aliphatic carbocycles. The zero-order valence-electron chi connectivity index (χ0n) is 26.0. The number of rotatable bonds is 13. The SMILES string of the molecule is C=CC[C@@H](CN(C(=O)OC(C)(C)C)S(=O)(=O)CC[Si](C)(C)C)[C@H](NC(=O)OCc1ccccc1)C(=O)OC(C)(C)C. The molecular formula is C29H48N2O8SSi. The van der Waals surface area contributed by atoms with Crippen molar-refractivity contribution in [3.05, 3.63) is 48.6 Å². The van der Waals surface area contributed by atoms with Crippen LogP contribution in [-0.4, -0.2) is 68.5 Å². The van der Waals surface area contributed by atoms with Crippen LogP contribution in [0.25, 0.3) is 0 Å². The van der Waals surface area contributed by atoms with Crippen molar-refractivity contribution in [1.29, 1.82) is 0 Å². The van der Waals surface area contributed by atoms with Gasteiger partial charge in [0.15, 0.2) is 0 Å². The number of hydrogen-bond acceptors (Lipinski definition) is 8. The fourth-order valence-electron chi connectivity index (χ4n) is 3.53. The molecule has 1 rings (SSSR count). The van der Waals surface area contributed by atoms with Crippen LogP contribution in [0.15, 0.2) is 43.0 Å². The quantitative estimate of drug-likeness (QED) is 0.130. The highest BCUT2D eigenvalue weighted by Crippen LogP contribution is 2.23. The summed E-state index contributed by atoms with van der Waals surface area (Å²) in [5.74, 6) is -1.99. The number of esters is 1. The molecule has 1 N–H and O–H groups in total. The van der Waals surface area contributed by atoms with Gasteiger partial charge in [-0.25, -0.2) is 27.1 Å². The second-order valence-electron chi connectivity index (χ2n) is 13.1. The summed E-state index contributed by atoms with van der Waals surface area (Å²) in [6.07, 6.45) is -0.395. The van der Waals surface area contributed by atoms with E-state index in [-0.39, 0.29) is 18.8 Å². The molecule has 10 nitrogen and oxygen atoms in total. The molecule has 12 heteroatoms. The largest absolute Gasteiger partial charge is 0.458 e. The summed E-state index contributed by atoms with van der Waals surface area (Å²) >= 11 is 0. The van der Waals surface area contributed by atoms with E-state index in [1.54, 1.807) is 65.8 Å². The van der Waals surface area contributed by atoms with Crippen molar-refractivity contribution in [2.24, 2.45) is 5.92 Å². The number of carbonyl (C=O) groups is 3. The van der Waals surface area contributed by atoms with E-state index in [2.05, 4.69) is 11.9 Å². The maximum Gasteiger partial charge on any atom is 0.424 e. The Kier molecular flexibility index (Phi) is 13.1. The van der Waals surface area contributed by atoms with E-state index in [0.29, 0.717) is 10.3 Å². The summed E-state index contributed by atoms with van der Waals surface area (Å²) in [4.78, 5) is 39.5. The molecule has 0 aliphatic heterocycles. The van der Waals surface area contributed by atoms with Crippen molar-refractivity contribution in [1.82, 2.24) is 9.62 Å². The van der Waals surface area contributed by atoms with Crippen molar-refractivity contribution in [3.8, 4) is 0 Å². The van der Waals surface area contributed by atoms with Gasteiger partial charge in [-0.1, -0.05) is 56.0 Å². The van der Waals surface area contributed by atoms with E-state index < -0.39 is 66.0 Å². The van der Waals surface area contributed by atoms with Crippen LogP contribution in [-0.2, 0) is 35.6 Å². The predicted molar refractivity (Wildman–Crippen MR) is 163 cm³/mol. The maximum absolute atomic E-state index is 13.5. The van der Waals surface area contributed by atoms with Crippen molar-refractivity contribution >= 4 is 36.3 Å². The van der Waals surface area contributed by atoms with E-state index in [1.165, 1.54) is 6.08 Å². The molecule has 0 aromatic heterocycles. The lowest BCUT2D eigenvalue weighted by atomic mass is 9.95. The third-order valence-corrected chi connectivity index (χ3v) is 9.33. The minimum absolute atomic E-state index is 0.0467. The minimum atomic E-state index is -4.15. The number of carbonyl (C=O) groups excluding carboxylic acids is 3. The number of alkyl carbamates (subject to hydrolysis) is 1. The van der Waals surface area contributed by atoms with Gasteiger partial charge in [-0.15, -0.1) is 6.58 Å². The second kappa shape index (κ2) is 14.9. The molecule has 0 aliphatic rings. The van der Waals surface area contributed by atoms with Gasteiger partial charge in [-0.05, 0) is 59.6 Å². The number of nitrogens with zero attached hydrogens (tertiary/aromatic N) is 1. The molecule has 0 unspecified atom stereocenters. The van der Waals surface area contributed by atoms with Crippen molar-refractivity contribution in [3.63, 3.8) is 0 Å². The van der Waals surface area contributed by atoms with Gasteiger partial charge in [0.2, 0.25) is 10.0 Å². The highest BCUT2D eigenvalue weighted by Gasteiger charge is 2.40. The Hall–Kier alpha value is -2.86. The van der Waals surface area contributed by atoms with Crippen molar-refractivity contribution in [2.75, 3.05) is 12.3 Å². The first-order valence-corrected chi connectivity index (χ1v) is 19.0. The predicted octanol–water partition coefficient (Wildman–Crippen LogP) is 5.72. The van der Waals surface area contributed by atoms with E-state index in [4.69, 9.17) is 14.2 Å². The summed E-state index contributed by atoms with van der Waals surface area (Å²) in [5, 5.41) is 2.54. The first-order chi connectivity index (χ1) is 18.6. The molecule has 0 saturated heterocycles. The smallest absolute Gasteiger partial charge is 0.424 e. The Balaban J connectivity index is 3.42. The third-order valence-electron chi connectivity index (χ3n) is 5.53. The van der Waals surface area contributed by atoms with Crippen LogP contribution in [0, 0.1) is 5.92 Å². The fraction of sp³-hybridized carbons (Fsp3) is 0.621. The molecule has 232 valence electrons. The molecule has 0 saturated carbocycles. The number of benzene rings is 1. The van der Waals surface area contributed by atoms with Gasteiger partial charge in [0, 0.05) is 20.5 Å². The standard InChI is InChI=1S/C29H48N2O8SSi/c1-11-15-23(20-31(27(34)39-29(5,6)7)40(35,36)18-19-41(8,9)10)24(25(32)38-28(2,3)4)30-26(33)37-21-22-16-13-12-14-17-22/h11-14,16-17,23-24H,1,15,18-21H2,2-10H3,(H,30,33)/t23-,24-/m0/s1. The molecule has 0 heterocycles. The highest BCUT2D eigenvalue weighted by atomic mass is 32.2. The molecule has 1 aromatic carbocycles. The van der Waals surface area contributed by atoms with Crippen LogP contribution in [0.1, 0.15) is 53.5 Å². The zero-order valence-corrected chi connectivity index (χ0v) is 27.8. The average Bonchev–Trinajstić information content (AvgIpc) is 2.80. The topological polar surface area (TPSA) is 128 Å². The highest BCUT2D eigenvalue weighted by molar-refractivity contribution is 7.89. The summed E-state index contributed by atoms with van der Waals surface area (Å²) in [6.45, 7) is 19.3. The number of hydrogen-bond donors (Lipinski definition) is 1. The lowest BCUT2D eigenvalue weighted by molar-refractivity contribution is -0.159. The lowest BCUT2D eigenvalue weighted by Crippen LogP contribution is -2.53. The number of amides is 2. The monoisotopic (exact) mass is 612 g/mol. The third kappa shape index (κ3) is 14.5. The normalized spacial score (nSPS) is 13.9. The molecular weight excluding hydrogens is 564 g/mol. The van der Waals surface area contributed by atoms with Crippen LogP contribution >= 0.6 is 0 Å². The van der Waals surface area contributed by atoms with Gasteiger partial charge < -0.3 is 19.5 Å². The number of allylic oxidation sites excluding steroid dienone is 1. The summed E-state index contributed by atoms with van der Waals surface area (Å²) in [6, 6.07) is 8.05. The molecule has 0 spiro atoms. The van der Waals surface area contributed by atoms with Crippen LogP contribution in [0.5, 0.6) is 0 Å². The Morgan fingerprint density at radius 2 is 1.56 bits per heavy atom. The van der Waals surface area contributed by atoms with Crippen molar-refractivity contribution < 1.29 is 37.0 Å². The molecule has 0 fully saturated rings. The second-order valence-corrected chi connectivity index (χ2v) is 20.8. The Labute approximate surface area is 246 Å². The summed E-state index contributed by atoms with van der Waals surface area (Å²) < 4.78 is 44.1. The maximum atomic E-state index is 13.5. The van der Waals surface area contributed by atoms with E-state index >= 15 is 0 Å². The first-order valence-electron chi connectivity index (χ1n) is 13.7. The molecule has 0 bridgehead atoms. The van der Waals surface area contributed by atoms with Crippen molar-refractivity contribution in [2.45, 2.75) is 97.5 Å². The van der Waals surface area contributed by atoms with Gasteiger partial charge in [0.05, 0.1) is 5.75 Å². The Morgan fingerprint density at radius 3 is 2.05 bits per heavy atom. The van der Waals surface area contributed by atoms with E-state index in [1.807, 2.05) is 25.7 Å². The molecule has 0 radical (unpaired) electrons. The van der Waals surface area contributed by atoms with E-state index in [0.717, 1.165) is 5.56 Å². The van der Waals surface area contributed by atoms with Crippen LogP contribution < -0.4 is 5.32 Å². The Bertz CT molecular complexity index is 1140. The molecule has 1 aromatic rings. The van der Waals surface area contributed by atoms with Gasteiger partial charge in [-0.2, -0.15) is 0 Å². The molecule has 2 amide bonds.